The van der Waals surface area contributed by atoms with Crippen molar-refractivity contribution in [3.05, 3.63) is 111 Å². The highest BCUT2D eigenvalue weighted by atomic mass is 35.5. The summed E-state index contributed by atoms with van der Waals surface area (Å²) in [5.41, 5.74) is 7.32. The number of unbranched alkanes of at least 4 members (excludes halogenated alkanes) is 1. The van der Waals surface area contributed by atoms with E-state index >= 15 is 0 Å². The number of nitrogens with zero attached hydrogens (tertiary/aromatic N) is 2. The van der Waals surface area contributed by atoms with Gasteiger partial charge in [0.15, 0.2) is 0 Å². The molecule has 0 unspecified atom stereocenters. The third kappa shape index (κ3) is 9.25. The average molecular weight is 636 g/mol. The fraction of sp³-hybridized carbons (Fsp3) is 0.267. The van der Waals surface area contributed by atoms with Gasteiger partial charge in [0, 0.05) is 6.42 Å². The Morgan fingerprint density at radius 1 is 1.00 bits per heavy atom. The zero-order valence-corrected chi connectivity index (χ0v) is 24.9. The lowest BCUT2D eigenvalue weighted by molar-refractivity contribution is 0.0841. The molecule has 42 heavy (non-hydrogen) atoms. The number of ether oxygens (including phenoxy) is 1. The SMILES string of the molecule is Cl.NCCCC[C@H](NC(=O)c1ccccc1F)C(=O)c1noc(Cc2ccc(OCCc3ccc(Cl)c(Cl)c3)cc2)n1. The van der Waals surface area contributed by atoms with Gasteiger partial charge in [0.05, 0.1) is 34.7 Å². The van der Waals surface area contributed by atoms with Crippen LogP contribution in [0.2, 0.25) is 10.0 Å². The normalized spacial score (nSPS) is 11.4. The summed E-state index contributed by atoms with van der Waals surface area (Å²) < 4.78 is 25.2. The third-order valence-electron chi connectivity index (χ3n) is 6.30. The predicted molar refractivity (Wildman–Crippen MR) is 161 cm³/mol. The molecule has 3 aromatic carbocycles. The van der Waals surface area contributed by atoms with E-state index in [0.29, 0.717) is 61.1 Å². The number of halogens is 4. The Kier molecular flexibility index (Phi) is 12.7. The van der Waals surface area contributed by atoms with Gasteiger partial charge < -0.3 is 20.3 Å². The number of rotatable bonds is 14. The van der Waals surface area contributed by atoms with Crippen LogP contribution < -0.4 is 15.8 Å². The smallest absolute Gasteiger partial charge is 0.254 e. The number of amides is 1. The highest BCUT2D eigenvalue weighted by Crippen LogP contribution is 2.23. The van der Waals surface area contributed by atoms with E-state index in [1.54, 1.807) is 12.1 Å². The molecule has 3 N–H and O–H groups in total. The van der Waals surface area contributed by atoms with Crippen molar-refractivity contribution in [3.63, 3.8) is 0 Å². The van der Waals surface area contributed by atoms with Crippen molar-refractivity contribution >= 4 is 47.3 Å². The quantitative estimate of drug-likeness (QED) is 0.124. The van der Waals surface area contributed by atoms with Crippen LogP contribution >= 0.6 is 35.6 Å². The monoisotopic (exact) mass is 634 g/mol. The first-order chi connectivity index (χ1) is 19.8. The molecule has 0 radical (unpaired) electrons. The molecular formula is C30H30Cl3FN4O4. The largest absolute Gasteiger partial charge is 0.493 e. The van der Waals surface area contributed by atoms with E-state index in [4.69, 9.17) is 38.2 Å². The summed E-state index contributed by atoms with van der Waals surface area (Å²) in [5.74, 6) is -1.12. The molecule has 0 spiro atoms. The summed E-state index contributed by atoms with van der Waals surface area (Å²) in [6.07, 6.45) is 2.50. The molecular weight excluding hydrogens is 606 g/mol. The summed E-state index contributed by atoms with van der Waals surface area (Å²) in [7, 11) is 0. The van der Waals surface area contributed by atoms with E-state index in [1.807, 2.05) is 36.4 Å². The van der Waals surface area contributed by atoms with Gasteiger partial charge in [0.1, 0.15) is 11.6 Å². The first kappa shape index (κ1) is 33.0. The van der Waals surface area contributed by atoms with Crippen LogP contribution in [0.15, 0.2) is 71.3 Å². The molecule has 0 aliphatic heterocycles. The van der Waals surface area contributed by atoms with Gasteiger partial charge in [-0.2, -0.15) is 4.98 Å². The molecule has 222 valence electrons. The third-order valence-corrected chi connectivity index (χ3v) is 7.04. The predicted octanol–water partition coefficient (Wildman–Crippen LogP) is 6.26. The number of hydrogen-bond acceptors (Lipinski definition) is 7. The number of aromatic nitrogens is 2. The maximum absolute atomic E-state index is 14.1. The zero-order chi connectivity index (χ0) is 29.2. The Hall–Kier alpha value is -3.50. The molecule has 0 aliphatic rings. The van der Waals surface area contributed by atoms with Gasteiger partial charge in [-0.3, -0.25) is 9.59 Å². The van der Waals surface area contributed by atoms with Gasteiger partial charge in [-0.1, -0.05) is 58.7 Å². The van der Waals surface area contributed by atoms with Crippen molar-refractivity contribution in [3.8, 4) is 5.75 Å². The van der Waals surface area contributed by atoms with Gasteiger partial charge in [-0.05, 0) is 73.3 Å². The Morgan fingerprint density at radius 2 is 1.74 bits per heavy atom. The van der Waals surface area contributed by atoms with Gasteiger partial charge in [0.25, 0.3) is 5.91 Å². The number of nitrogens with one attached hydrogen (secondary N) is 1. The van der Waals surface area contributed by atoms with E-state index < -0.39 is 23.5 Å². The highest BCUT2D eigenvalue weighted by Gasteiger charge is 2.27. The maximum atomic E-state index is 14.1. The van der Waals surface area contributed by atoms with Crippen LogP contribution in [-0.2, 0) is 12.8 Å². The number of benzene rings is 3. The molecule has 4 rings (SSSR count). The second kappa shape index (κ2) is 16.2. The molecule has 1 amide bonds. The van der Waals surface area contributed by atoms with Crippen LogP contribution in [0.5, 0.6) is 5.75 Å². The van der Waals surface area contributed by atoms with Crippen molar-refractivity contribution in [2.24, 2.45) is 5.73 Å². The molecule has 8 nitrogen and oxygen atoms in total. The zero-order valence-electron chi connectivity index (χ0n) is 22.5. The second-order valence-electron chi connectivity index (χ2n) is 9.33. The lowest BCUT2D eigenvalue weighted by atomic mass is 10.0. The van der Waals surface area contributed by atoms with Crippen LogP contribution in [0, 0.1) is 5.82 Å². The molecule has 0 saturated heterocycles. The van der Waals surface area contributed by atoms with E-state index in [-0.39, 0.29) is 29.7 Å². The molecule has 0 bridgehead atoms. The molecule has 1 aromatic heterocycles. The van der Waals surface area contributed by atoms with Crippen molar-refractivity contribution in [2.45, 2.75) is 38.1 Å². The van der Waals surface area contributed by atoms with E-state index in [2.05, 4.69) is 15.5 Å². The number of nitrogens with two attached hydrogens (primary N) is 1. The van der Waals surface area contributed by atoms with Gasteiger partial charge in [-0.15, -0.1) is 12.4 Å². The summed E-state index contributed by atoms with van der Waals surface area (Å²) in [5, 5.41) is 7.46. The van der Waals surface area contributed by atoms with Crippen molar-refractivity contribution < 1.29 is 23.2 Å². The average Bonchev–Trinajstić information content (AvgIpc) is 3.43. The molecule has 4 aromatic rings. The number of carbonyl (C=O) groups excluding carboxylic acids is 2. The van der Waals surface area contributed by atoms with Gasteiger partial charge in [-0.25, -0.2) is 4.39 Å². The molecule has 1 heterocycles. The first-order valence-corrected chi connectivity index (χ1v) is 13.9. The van der Waals surface area contributed by atoms with E-state index in [1.165, 1.54) is 18.2 Å². The standard InChI is InChI=1S/C30H29Cl2FN4O4.ClH/c31-23-13-10-20(17-24(23)32)14-16-40-21-11-8-19(9-12-21)18-27-36-29(37-41-27)28(38)26(7-3-4-15-34)35-30(39)22-5-1-2-6-25(22)33;/h1-2,5-6,8-13,17,26H,3-4,7,14-16,18,34H2,(H,35,39);1H/t26-;/m0./s1. The Bertz CT molecular complexity index is 1480. The van der Waals surface area contributed by atoms with Crippen LogP contribution in [0.3, 0.4) is 0 Å². The minimum absolute atomic E-state index is 0. The van der Waals surface area contributed by atoms with Crippen LogP contribution in [0.4, 0.5) is 4.39 Å². The van der Waals surface area contributed by atoms with E-state index in [9.17, 15) is 14.0 Å². The lowest BCUT2D eigenvalue weighted by Gasteiger charge is -2.16. The summed E-state index contributed by atoms with van der Waals surface area (Å²) in [6, 6.07) is 17.5. The van der Waals surface area contributed by atoms with Crippen LogP contribution in [-0.4, -0.2) is 41.0 Å². The number of carbonyl (C=O) groups is 2. The van der Waals surface area contributed by atoms with Crippen molar-refractivity contribution in [1.29, 1.82) is 0 Å². The molecule has 0 fully saturated rings. The Labute approximate surface area is 259 Å². The summed E-state index contributed by atoms with van der Waals surface area (Å²) in [4.78, 5) is 30.1. The fourth-order valence-corrected chi connectivity index (χ4v) is 4.41. The lowest BCUT2D eigenvalue weighted by Crippen LogP contribution is -2.41. The topological polar surface area (TPSA) is 120 Å². The van der Waals surface area contributed by atoms with Crippen molar-refractivity contribution in [1.82, 2.24) is 15.5 Å². The van der Waals surface area contributed by atoms with Crippen molar-refractivity contribution in [2.75, 3.05) is 13.2 Å². The number of ketones is 1. The molecule has 1 atom stereocenters. The van der Waals surface area contributed by atoms with Crippen LogP contribution in [0.1, 0.15) is 57.3 Å². The van der Waals surface area contributed by atoms with Crippen LogP contribution in [0.25, 0.3) is 0 Å². The Morgan fingerprint density at radius 3 is 2.45 bits per heavy atom. The second-order valence-corrected chi connectivity index (χ2v) is 10.1. The van der Waals surface area contributed by atoms with Gasteiger partial charge >= 0.3 is 0 Å². The number of hydrogen-bond donors (Lipinski definition) is 2. The maximum Gasteiger partial charge on any atom is 0.254 e. The molecule has 12 heteroatoms. The summed E-state index contributed by atoms with van der Waals surface area (Å²) >= 11 is 12.0. The number of Topliss-reactive ketones (excluding diaryl/α,β-unsaturated/α-hetero) is 1. The molecule has 0 aliphatic carbocycles. The van der Waals surface area contributed by atoms with E-state index in [0.717, 1.165) is 11.1 Å². The summed E-state index contributed by atoms with van der Waals surface area (Å²) in [6.45, 7) is 0.905. The Balaban J connectivity index is 0.00000484. The minimum Gasteiger partial charge on any atom is -0.493 e. The minimum atomic E-state index is -0.959. The fourth-order valence-electron chi connectivity index (χ4n) is 4.09. The molecule has 0 saturated carbocycles. The highest BCUT2D eigenvalue weighted by molar-refractivity contribution is 6.42. The first-order valence-electron chi connectivity index (χ1n) is 13.1. The van der Waals surface area contributed by atoms with Gasteiger partial charge in [0.2, 0.25) is 17.5 Å².